The SMILES string of the molecule is O=C(c1c(Nc2ccc(I)cc2F)sc2ncccc12)N1CC2C=CC=NC2C1. The van der Waals surface area contributed by atoms with Gasteiger partial charge in [0.1, 0.15) is 15.6 Å². The molecule has 0 bridgehead atoms. The molecule has 2 aliphatic heterocycles. The molecule has 1 saturated heterocycles. The molecule has 1 amide bonds. The Labute approximate surface area is 184 Å². The van der Waals surface area contributed by atoms with Crippen LogP contribution in [-0.2, 0) is 0 Å². The predicted molar refractivity (Wildman–Crippen MR) is 123 cm³/mol. The van der Waals surface area contributed by atoms with Crippen molar-refractivity contribution in [3.05, 3.63) is 63.6 Å². The molecule has 0 radical (unpaired) electrons. The lowest BCUT2D eigenvalue weighted by atomic mass is 10.0. The van der Waals surface area contributed by atoms with E-state index < -0.39 is 0 Å². The third kappa shape index (κ3) is 3.44. The summed E-state index contributed by atoms with van der Waals surface area (Å²) in [5.74, 6) is -0.180. The van der Waals surface area contributed by atoms with Crippen molar-refractivity contribution < 1.29 is 9.18 Å². The van der Waals surface area contributed by atoms with Gasteiger partial charge in [-0.2, -0.15) is 0 Å². The molecule has 3 aromatic rings. The molecule has 0 aliphatic carbocycles. The minimum atomic E-state index is -0.354. The van der Waals surface area contributed by atoms with Gasteiger partial charge < -0.3 is 10.2 Å². The standard InChI is InChI=1S/C21H16FIN4OS/c22-15-9-13(23)5-6-16(15)26-20-18(14-4-2-8-25-19(14)29-20)21(28)27-10-12-3-1-7-24-17(12)11-27/h1-9,12,17,26H,10-11H2. The van der Waals surface area contributed by atoms with Crippen molar-refractivity contribution in [1.82, 2.24) is 9.88 Å². The van der Waals surface area contributed by atoms with E-state index in [9.17, 15) is 9.18 Å². The molecule has 2 aromatic heterocycles. The van der Waals surface area contributed by atoms with E-state index in [0.29, 0.717) is 29.3 Å². The van der Waals surface area contributed by atoms with Crippen LogP contribution >= 0.6 is 33.9 Å². The number of nitrogens with one attached hydrogen (secondary N) is 1. The van der Waals surface area contributed by atoms with Gasteiger partial charge in [0.25, 0.3) is 5.91 Å². The van der Waals surface area contributed by atoms with Crippen LogP contribution in [0.15, 0.2) is 53.7 Å². The molecule has 0 saturated carbocycles. The molecule has 4 heterocycles. The van der Waals surface area contributed by atoms with E-state index in [1.165, 1.54) is 17.4 Å². The Balaban J connectivity index is 1.54. The number of dihydropyridines is 1. The van der Waals surface area contributed by atoms with Gasteiger partial charge in [-0.1, -0.05) is 17.4 Å². The van der Waals surface area contributed by atoms with Crippen molar-refractivity contribution in [1.29, 1.82) is 0 Å². The quantitative estimate of drug-likeness (QED) is 0.504. The number of fused-ring (bicyclic) bond motifs is 2. The minimum absolute atomic E-state index is 0.0735. The molecule has 2 atom stereocenters. The highest BCUT2D eigenvalue weighted by molar-refractivity contribution is 14.1. The second-order valence-electron chi connectivity index (χ2n) is 7.04. The zero-order valence-electron chi connectivity index (χ0n) is 15.2. The molecule has 1 N–H and O–H groups in total. The molecule has 2 unspecified atom stereocenters. The number of benzene rings is 1. The van der Waals surface area contributed by atoms with Crippen molar-refractivity contribution in [2.45, 2.75) is 6.04 Å². The zero-order valence-corrected chi connectivity index (χ0v) is 18.2. The third-order valence-corrected chi connectivity index (χ3v) is 6.90. The number of likely N-dealkylation sites (tertiary alicyclic amines) is 1. The summed E-state index contributed by atoms with van der Waals surface area (Å²) >= 11 is 3.43. The van der Waals surface area contributed by atoms with Gasteiger partial charge in [0, 0.05) is 40.4 Å². The molecule has 1 aromatic carbocycles. The number of amides is 1. The first kappa shape index (κ1) is 18.7. The molecule has 146 valence electrons. The molecular weight excluding hydrogens is 502 g/mol. The molecule has 2 aliphatic rings. The smallest absolute Gasteiger partial charge is 0.257 e. The molecule has 0 spiro atoms. The maximum atomic E-state index is 14.4. The molecule has 5 nitrogen and oxygen atoms in total. The van der Waals surface area contributed by atoms with Crippen molar-refractivity contribution in [3.63, 3.8) is 0 Å². The number of hydrogen-bond donors (Lipinski definition) is 1. The maximum Gasteiger partial charge on any atom is 0.257 e. The fourth-order valence-corrected chi connectivity index (χ4v) is 5.28. The second-order valence-corrected chi connectivity index (χ2v) is 9.28. The average Bonchev–Trinajstić information content (AvgIpc) is 3.30. The summed E-state index contributed by atoms with van der Waals surface area (Å²) in [5.41, 5.74) is 0.885. The number of carbonyl (C=O) groups excluding carboxylic acids is 1. The van der Waals surface area contributed by atoms with Crippen LogP contribution in [0.2, 0.25) is 0 Å². The van der Waals surface area contributed by atoms with Gasteiger partial charge in [0.2, 0.25) is 0 Å². The number of aliphatic imine (C=N–C) groups is 1. The first-order valence-electron chi connectivity index (χ1n) is 9.19. The minimum Gasteiger partial charge on any atom is -0.344 e. The molecule has 8 heteroatoms. The topological polar surface area (TPSA) is 57.6 Å². The van der Waals surface area contributed by atoms with E-state index in [0.717, 1.165) is 13.8 Å². The summed E-state index contributed by atoms with van der Waals surface area (Å²) in [6.07, 6.45) is 7.54. The fourth-order valence-electron chi connectivity index (χ4n) is 3.78. The number of rotatable bonds is 3. The number of carbonyl (C=O) groups is 1. The van der Waals surface area contributed by atoms with Gasteiger partial charge in [0.15, 0.2) is 0 Å². The first-order valence-corrected chi connectivity index (χ1v) is 11.1. The van der Waals surface area contributed by atoms with Crippen LogP contribution in [0.4, 0.5) is 15.1 Å². The summed E-state index contributed by atoms with van der Waals surface area (Å²) in [4.78, 5) is 25.0. The van der Waals surface area contributed by atoms with Crippen molar-refractivity contribution >= 4 is 67.0 Å². The van der Waals surface area contributed by atoms with Crippen molar-refractivity contribution in [2.24, 2.45) is 10.9 Å². The van der Waals surface area contributed by atoms with Crippen LogP contribution in [0.5, 0.6) is 0 Å². The molecular formula is C21H16FIN4OS. The molecule has 5 rings (SSSR count). The highest BCUT2D eigenvalue weighted by Gasteiger charge is 2.36. The first-order chi connectivity index (χ1) is 14.1. The van der Waals surface area contributed by atoms with Crippen LogP contribution in [0.1, 0.15) is 10.4 Å². The Hall–Kier alpha value is -2.33. The van der Waals surface area contributed by atoms with Crippen LogP contribution in [0, 0.1) is 15.3 Å². The monoisotopic (exact) mass is 518 g/mol. The Morgan fingerprint density at radius 2 is 2.21 bits per heavy atom. The number of halogens is 2. The van der Waals surface area contributed by atoms with Gasteiger partial charge in [-0.3, -0.25) is 9.79 Å². The lowest BCUT2D eigenvalue weighted by molar-refractivity contribution is 0.0791. The van der Waals surface area contributed by atoms with Gasteiger partial charge in [-0.25, -0.2) is 9.37 Å². The highest BCUT2D eigenvalue weighted by atomic mass is 127. The van der Waals surface area contributed by atoms with E-state index in [2.05, 4.69) is 44.0 Å². The summed E-state index contributed by atoms with van der Waals surface area (Å²) in [6, 6.07) is 8.80. The van der Waals surface area contributed by atoms with Crippen LogP contribution < -0.4 is 5.32 Å². The maximum absolute atomic E-state index is 14.4. The van der Waals surface area contributed by atoms with Gasteiger partial charge >= 0.3 is 0 Å². The molecule has 29 heavy (non-hydrogen) atoms. The summed E-state index contributed by atoms with van der Waals surface area (Å²) in [7, 11) is 0. The van der Waals surface area contributed by atoms with Gasteiger partial charge in [0.05, 0.1) is 17.3 Å². The zero-order chi connectivity index (χ0) is 20.0. The Morgan fingerprint density at radius 3 is 3.03 bits per heavy atom. The van der Waals surface area contributed by atoms with E-state index in [1.54, 1.807) is 18.5 Å². The lowest BCUT2D eigenvalue weighted by Gasteiger charge is -2.17. The Bertz CT molecular complexity index is 1150. The Morgan fingerprint density at radius 1 is 1.31 bits per heavy atom. The van der Waals surface area contributed by atoms with E-state index in [4.69, 9.17) is 0 Å². The number of anilines is 2. The van der Waals surface area contributed by atoms with Crippen LogP contribution in [-0.4, -0.2) is 41.1 Å². The summed E-state index contributed by atoms with van der Waals surface area (Å²) in [5, 5.41) is 4.52. The predicted octanol–water partition coefficient (Wildman–Crippen LogP) is 4.86. The Kier molecular flexibility index (Phi) is 4.83. The van der Waals surface area contributed by atoms with Crippen molar-refractivity contribution in [3.8, 4) is 0 Å². The second kappa shape index (κ2) is 7.49. The third-order valence-electron chi connectivity index (χ3n) is 5.20. The van der Waals surface area contributed by atoms with E-state index >= 15 is 0 Å². The number of thiophene rings is 1. The normalized spacial score (nSPS) is 20.3. The highest BCUT2D eigenvalue weighted by Crippen LogP contribution is 2.38. The summed E-state index contributed by atoms with van der Waals surface area (Å²) in [6.45, 7) is 1.21. The average molecular weight is 518 g/mol. The fraction of sp³-hybridized carbons (Fsp3) is 0.190. The van der Waals surface area contributed by atoms with Crippen LogP contribution in [0.3, 0.4) is 0 Å². The number of pyridine rings is 1. The lowest BCUT2D eigenvalue weighted by Crippen LogP contribution is -2.29. The largest absolute Gasteiger partial charge is 0.344 e. The van der Waals surface area contributed by atoms with Gasteiger partial charge in [-0.15, -0.1) is 0 Å². The molecule has 1 fully saturated rings. The van der Waals surface area contributed by atoms with E-state index in [1.807, 2.05) is 29.2 Å². The number of nitrogens with zero attached hydrogens (tertiary/aromatic N) is 3. The summed E-state index contributed by atoms with van der Waals surface area (Å²) < 4.78 is 15.2. The van der Waals surface area contributed by atoms with Gasteiger partial charge in [-0.05, 0) is 59.0 Å². The number of hydrogen-bond acceptors (Lipinski definition) is 5. The number of allylic oxidation sites excluding steroid dienone is 1. The van der Waals surface area contributed by atoms with Crippen molar-refractivity contribution in [2.75, 3.05) is 18.4 Å². The van der Waals surface area contributed by atoms with Crippen LogP contribution in [0.25, 0.3) is 10.2 Å². The van der Waals surface area contributed by atoms with E-state index in [-0.39, 0.29) is 23.7 Å². The number of aromatic nitrogens is 1.